The highest BCUT2D eigenvalue weighted by Crippen LogP contribution is 2.41. The predicted octanol–water partition coefficient (Wildman–Crippen LogP) is 3.97. The van der Waals surface area contributed by atoms with Crippen molar-refractivity contribution in [2.75, 3.05) is 5.75 Å². The third kappa shape index (κ3) is 3.82. The molecule has 168 valence electrons. The van der Waals surface area contributed by atoms with Gasteiger partial charge in [0.2, 0.25) is 0 Å². The second kappa shape index (κ2) is 7.84. The van der Waals surface area contributed by atoms with Gasteiger partial charge in [0.05, 0.1) is 16.3 Å². The van der Waals surface area contributed by atoms with Crippen molar-refractivity contribution in [3.8, 4) is 22.8 Å². The first-order valence-corrected chi connectivity index (χ1v) is 12.5. The Morgan fingerprint density at radius 2 is 1.91 bits per heavy atom. The largest absolute Gasteiger partial charge is 0.310 e. The molecule has 0 spiro atoms. The maximum atomic E-state index is 13.1. The highest BCUT2D eigenvalue weighted by Gasteiger charge is 2.26. The first-order chi connectivity index (χ1) is 15.8. The number of sulfone groups is 1. The third-order valence-electron chi connectivity index (χ3n) is 6.02. The van der Waals surface area contributed by atoms with E-state index in [1.165, 1.54) is 31.5 Å². The van der Waals surface area contributed by atoms with Crippen molar-refractivity contribution in [2.45, 2.75) is 37.5 Å². The summed E-state index contributed by atoms with van der Waals surface area (Å²) in [6.45, 7) is 3.07. The molecule has 5 rings (SSSR count). The Bertz CT molecular complexity index is 1520. The molecule has 4 aromatic heterocycles. The summed E-state index contributed by atoms with van der Waals surface area (Å²) in [5, 5.41) is 0. The minimum absolute atomic E-state index is 0.0721. The lowest BCUT2D eigenvalue weighted by molar-refractivity contribution is 0.101. The normalized spacial score (nSPS) is 14.0. The molecular formula is C24H23N5O3S. The Hall–Kier alpha value is -3.46. The maximum Gasteiger partial charge on any atom is 0.180 e. The summed E-state index contributed by atoms with van der Waals surface area (Å²) in [5.41, 5.74) is 4.30. The number of nitrogens with zero attached hydrogens (tertiary/aromatic N) is 5. The standard InChI is InChI=1S/C24H23N5O3S/c1-4-33(31,32)21-11-18(19-9-16(7-8-25-19)15-5-6-15)13-26-22(21)24-28-20-10-17(14(2)30)12-27-23(20)29(24)3/h7-13,15H,4-6H2,1-3H3. The summed E-state index contributed by atoms with van der Waals surface area (Å²) < 4.78 is 27.8. The van der Waals surface area contributed by atoms with Crippen LogP contribution in [0.2, 0.25) is 0 Å². The van der Waals surface area contributed by atoms with Crippen LogP contribution in [0, 0.1) is 0 Å². The number of hydrogen-bond donors (Lipinski definition) is 0. The molecule has 0 radical (unpaired) electrons. The molecular weight excluding hydrogens is 438 g/mol. The van der Waals surface area contributed by atoms with Crippen LogP contribution in [0.4, 0.5) is 0 Å². The van der Waals surface area contributed by atoms with Crippen molar-refractivity contribution in [2.24, 2.45) is 7.05 Å². The van der Waals surface area contributed by atoms with Crippen LogP contribution >= 0.6 is 0 Å². The van der Waals surface area contributed by atoms with Crippen LogP contribution in [0.1, 0.15) is 48.5 Å². The number of Topliss-reactive ketones (excluding diaryl/α,β-unsaturated/α-hetero) is 1. The van der Waals surface area contributed by atoms with Crippen molar-refractivity contribution in [1.82, 2.24) is 24.5 Å². The number of aromatic nitrogens is 5. The van der Waals surface area contributed by atoms with Gasteiger partial charge in [0, 0.05) is 36.8 Å². The van der Waals surface area contributed by atoms with E-state index >= 15 is 0 Å². The first-order valence-electron chi connectivity index (χ1n) is 10.8. The zero-order chi connectivity index (χ0) is 23.3. The fourth-order valence-corrected chi connectivity index (χ4v) is 4.96. The van der Waals surface area contributed by atoms with Crippen molar-refractivity contribution < 1.29 is 13.2 Å². The van der Waals surface area contributed by atoms with Gasteiger partial charge in [0.15, 0.2) is 27.1 Å². The van der Waals surface area contributed by atoms with E-state index in [-0.39, 0.29) is 22.1 Å². The zero-order valence-electron chi connectivity index (χ0n) is 18.6. The number of rotatable bonds is 6. The quantitative estimate of drug-likeness (QED) is 0.400. The Kier molecular flexibility index (Phi) is 5.08. The first kappa shape index (κ1) is 21.4. The van der Waals surface area contributed by atoms with Crippen LogP contribution < -0.4 is 0 Å². The van der Waals surface area contributed by atoms with Gasteiger partial charge in [-0.05, 0) is 55.5 Å². The molecule has 33 heavy (non-hydrogen) atoms. The SMILES string of the molecule is CCS(=O)(=O)c1cc(-c2cc(C3CC3)ccn2)cnc1-c1nc2cc(C(C)=O)cnc2n1C. The third-order valence-corrected chi connectivity index (χ3v) is 7.77. The molecule has 1 aliphatic carbocycles. The molecule has 0 bridgehead atoms. The second-order valence-corrected chi connectivity index (χ2v) is 10.6. The predicted molar refractivity (Wildman–Crippen MR) is 125 cm³/mol. The van der Waals surface area contributed by atoms with E-state index in [1.54, 1.807) is 43.1 Å². The summed E-state index contributed by atoms with van der Waals surface area (Å²) in [6, 6.07) is 7.31. The molecule has 4 aromatic rings. The minimum Gasteiger partial charge on any atom is -0.310 e. The number of ketones is 1. The Labute approximate surface area is 191 Å². The number of fused-ring (bicyclic) bond motifs is 1. The van der Waals surface area contributed by atoms with Gasteiger partial charge in [0.1, 0.15) is 11.2 Å². The molecule has 0 aromatic carbocycles. The summed E-state index contributed by atoms with van der Waals surface area (Å²) >= 11 is 0. The van der Waals surface area contributed by atoms with Crippen molar-refractivity contribution in [3.63, 3.8) is 0 Å². The molecule has 0 N–H and O–H groups in total. The van der Waals surface area contributed by atoms with Crippen LogP contribution in [0.15, 0.2) is 47.8 Å². The van der Waals surface area contributed by atoms with E-state index in [4.69, 9.17) is 0 Å². The molecule has 0 atom stereocenters. The van der Waals surface area contributed by atoms with Gasteiger partial charge in [-0.25, -0.2) is 18.4 Å². The van der Waals surface area contributed by atoms with E-state index in [2.05, 4.69) is 19.9 Å². The monoisotopic (exact) mass is 461 g/mol. The minimum atomic E-state index is -3.62. The lowest BCUT2D eigenvalue weighted by atomic mass is 10.1. The van der Waals surface area contributed by atoms with Crippen LogP contribution in [0.3, 0.4) is 0 Å². The molecule has 4 heterocycles. The fourth-order valence-electron chi connectivity index (χ4n) is 3.90. The zero-order valence-corrected chi connectivity index (χ0v) is 19.4. The van der Waals surface area contributed by atoms with E-state index in [1.807, 2.05) is 12.1 Å². The summed E-state index contributed by atoms with van der Waals surface area (Å²) in [6.07, 6.45) is 7.23. The smallest absolute Gasteiger partial charge is 0.180 e. The van der Waals surface area contributed by atoms with Crippen LogP contribution in [-0.2, 0) is 16.9 Å². The number of aryl methyl sites for hydroxylation is 1. The Balaban J connectivity index is 1.69. The fraction of sp³-hybridized carbons (Fsp3) is 0.292. The highest BCUT2D eigenvalue weighted by molar-refractivity contribution is 7.91. The highest BCUT2D eigenvalue weighted by atomic mass is 32.2. The number of hydrogen-bond acceptors (Lipinski definition) is 7. The molecule has 0 amide bonds. The Morgan fingerprint density at radius 3 is 2.61 bits per heavy atom. The molecule has 0 unspecified atom stereocenters. The molecule has 1 aliphatic rings. The summed E-state index contributed by atoms with van der Waals surface area (Å²) in [7, 11) is -1.86. The van der Waals surface area contributed by atoms with E-state index < -0.39 is 9.84 Å². The van der Waals surface area contributed by atoms with Crippen LogP contribution in [0.5, 0.6) is 0 Å². The number of carbonyl (C=O) groups excluding carboxylic acids is 1. The summed E-state index contributed by atoms with van der Waals surface area (Å²) in [4.78, 5) is 29.8. The lowest BCUT2D eigenvalue weighted by Gasteiger charge is -2.11. The van der Waals surface area contributed by atoms with Gasteiger partial charge in [-0.2, -0.15) is 0 Å². The maximum absolute atomic E-state index is 13.1. The average molecular weight is 462 g/mol. The van der Waals surface area contributed by atoms with Crippen molar-refractivity contribution >= 4 is 26.8 Å². The molecule has 8 nitrogen and oxygen atoms in total. The van der Waals surface area contributed by atoms with Gasteiger partial charge in [-0.1, -0.05) is 6.92 Å². The number of pyridine rings is 3. The molecule has 0 aliphatic heterocycles. The average Bonchev–Trinajstić information content (AvgIpc) is 3.62. The van der Waals surface area contributed by atoms with Crippen molar-refractivity contribution in [3.05, 3.63) is 54.0 Å². The lowest BCUT2D eigenvalue weighted by Crippen LogP contribution is -2.09. The second-order valence-electron chi connectivity index (χ2n) is 8.34. The van der Waals surface area contributed by atoms with Gasteiger partial charge in [0.25, 0.3) is 0 Å². The number of carbonyl (C=O) groups is 1. The van der Waals surface area contributed by atoms with Crippen LogP contribution in [-0.4, -0.2) is 44.5 Å². The summed E-state index contributed by atoms with van der Waals surface area (Å²) in [5.74, 6) is 0.744. The van der Waals surface area contributed by atoms with Gasteiger partial charge < -0.3 is 4.57 Å². The van der Waals surface area contributed by atoms with Gasteiger partial charge >= 0.3 is 0 Å². The van der Waals surface area contributed by atoms with Gasteiger partial charge in [-0.3, -0.25) is 14.8 Å². The molecule has 0 saturated heterocycles. The van der Waals surface area contributed by atoms with Crippen molar-refractivity contribution in [1.29, 1.82) is 0 Å². The van der Waals surface area contributed by atoms with E-state index in [9.17, 15) is 13.2 Å². The van der Waals surface area contributed by atoms with Gasteiger partial charge in [-0.15, -0.1) is 0 Å². The number of imidazole rings is 1. The van der Waals surface area contributed by atoms with E-state index in [0.717, 1.165) is 0 Å². The molecule has 1 fully saturated rings. The molecule has 1 saturated carbocycles. The Morgan fingerprint density at radius 1 is 1.12 bits per heavy atom. The topological polar surface area (TPSA) is 108 Å². The molecule has 9 heteroatoms. The van der Waals surface area contributed by atoms with Crippen LogP contribution in [0.25, 0.3) is 33.9 Å². The van der Waals surface area contributed by atoms with E-state index in [0.29, 0.717) is 39.7 Å².